The zero-order valence-electron chi connectivity index (χ0n) is 16.1. The average Bonchev–Trinajstić information content (AvgIpc) is 3.23. The van der Waals surface area contributed by atoms with Crippen LogP contribution in [-0.2, 0) is 6.61 Å². The first-order chi connectivity index (χ1) is 13.7. The molecule has 2 aliphatic rings. The largest absolute Gasteiger partial charge is 0.486 e. The fraction of sp³-hybridized carbons (Fsp3) is 0.409. The van der Waals surface area contributed by atoms with E-state index in [1.54, 1.807) is 0 Å². The highest BCUT2D eigenvalue weighted by Crippen LogP contribution is 2.63. The van der Waals surface area contributed by atoms with Gasteiger partial charge in [-0.3, -0.25) is 0 Å². The fourth-order valence-electron chi connectivity index (χ4n) is 4.33. The second kappa shape index (κ2) is 7.02. The van der Waals surface area contributed by atoms with Crippen molar-refractivity contribution >= 4 is 0 Å². The van der Waals surface area contributed by atoms with Gasteiger partial charge in [-0.15, -0.1) is 5.10 Å². The molecule has 0 amide bonds. The van der Waals surface area contributed by atoms with Gasteiger partial charge in [0.05, 0.1) is 0 Å². The number of hydrogen-bond donors (Lipinski definition) is 1. The van der Waals surface area contributed by atoms with Crippen molar-refractivity contribution in [1.82, 2.24) is 25.1 Å². The highest BCUT2D eigenvalue weighted by molar-refractivity contribution is 5.30. The first-order valence-corrected chi connectivity index (χ1v) is 10.0. The molecular weight excluding hydrogens is 350 g/mol. The molecule has 0 bridgehead atoms. The first-order valence-electron chi connectivity index (χ1n) is 10.0. The third-order valence-corrected chi connectivity index (χ3v) is 5.98. The quantitative estimate of drug-likeness (QED) is 0.740. The summed E-state index contributed by atoms with van der Waals surface area (Å²) in [5.74, 6) is 3.86. The number of ether oxygens (including phenoxy) is 1. The van der Waals surface area contributed by atoms with E-state index < -0.39 is 0 Å². The van der Waals surface area contributed by atoms with Crippen LogP contribution in [0, 0.1) is 12.3 Å². The Labute approximate surface area is 165 Å². The summed E-state index contributed by atoms with van der Waals surface area (Å²) in [4.78, 5) is 9.60. The van der Waals surface area contributed by atoms with Gasteiger partial charge in [-0.1, -0.05) is 24.3 Å². The van der Waals surface area contributed by atoms with Gasteiger partial charge in [-0.05, 0) is 69.0 Å². The van der Waals surface area contributed by atoms with Crippen LogP contribution in [0.15, 0.2) is 48.5 Å². The molecule has 144 valence electrons. The summed E-state index contributed by atoms with van der Waals surface area (Å²) in [7, 11) is 0. The molecule has 5 rings (SSSR count). The zero-order chi connectivity index (χ0) is 19.0. The van der Waals surface area contributed by atoms with Crippen LogP contribution in [0.3, 0.4) is 0 Å². The van der Waals surface area contributed by atoms with Crippen LogP contribution < -0.4 is 10.1 Å². The average molecular weight is 375 g/mol. The van der Waals surface area contributed by atoms with Gasteiger partial charge in [0, 0.05) is 11.6 Å². The summed E-state index contributed by atoms with van der Waals surface area (Å²) in [5, 5.41) is 8.25. The molecule has 2 aromatic heterocycles. The van der Waals surface area contributed by atoms with Crippen molar-refractivity contribution in [3.05, 3.63) is 65.9 Å². The molecule has 0 unspecified atom stereocenters. The number of nitrogens with one attached hydrogen (secondary N) is 1. The number of benzene rings is 1. The van der Waals surface area contributed by atoms with Gasteiger partial charge >= 0.3 is 0 Å². The molecule has 6 heteroatoms. The smallest absolute Gasteiger partial charge is 0.188 e. The van der Waals surface area contributed by atoms with Crippen molar-refractivity contribution in [3.8, 4) is 11.6 Å². The Hall–Kier alpha value is -2.73. The Balaban J connectivity index is 1.45. The predicted octanol–water partition coefficient (Wildman–Crippen LogP) is 3.41. The van der Waals surface area contributed by atoms with Crippen LogP contribution in [-0.4, -0.2) is 32.8 Å². The van der Waals surface area contributed by atoms with Crippen LogP contribution >= 0.6 is 0 Å². The van der Waals surface area contributed by atoms with Crippen molar-refractivity contribution in [1.29, 1.82) is 0 Å². The van der Waals surface area contributed by atoms with E-state index in [9.17, 15) is 0 Å². The molecule has 1 aliphatic carbocycles. The second-order valence-electron chi connectivity index (χ2n) is 7.91. The normalized spacial score (nSPS) is 20.2. The summed E-state index contributed by atoms with van der Waals surface area (Å²) in [6, 6.07) is 15.8. The van der Waals surface area contributed by atoms with E-state index in [1.807, 2.05) is 60.1 Å². The van der Waals surface area contributed by atoms with Crippen molar-refractivity contribution in [2.24, 2.45) is 5.41 Å². The molecule has 0 radical (unpaired) electrons. The zero-order valence-corrected chi connectivity index (χ0v) is 16.1. The number of para-hydroxylation sites is 1. The molecule has 28 heavy (non-hydrogen) atoms. The number of pyridine rings is 1. The van der Waals surface area contributed by atoms with E-state index in [0.29, 0.717) is 23.8 Å². The molecule has 1 spiro atoms. The fourth-order valence-corrected chi connectivity index (χ4v) is 4.33. The first kappa shape index (κ1) is 17.4. The molecule has 1 aliphatic heterocycles. The minimum absolute atomic E-state index is 0.358. The predicted molar refractivity (Wildman–Crippen MR) is 107 cm³/mol. The lowest BCUT2D eigenvalue weighted by atomic mass is 9.92. The lowest BCUT2D eigenvalue weighted by Gasteiger charge is -2.23. The van der Waals surface area contributed by atoms with E-state index in [1.165, 1.54) is 19.3 Å². The van der Waals surface area contributed by atoms with E-state index in [-0.39, 0.29) is 0 Å². The third-order valence-electron chi connectivity index (χ3n) is 5.98. The van der Waals surface area contributed by atoms with E-state index >= 15 is 0 Å². The lowest BCUT2D eigenvalue weighted by Crippen LogP contribution is -2.29. The Morgan fingerprint density at radius 3 is 2.68 bits per heavy atom. The van der Waals surface area contributed by atoms with Gasteiger partial charge in [-0.2, -0.15) is 4.68 Å². The molecule has 1 atom stereocenters. The Morgan fingerprint density at radius 2 is 1.89 bits per heavy atom. The molecule has 1 N–H and O–H groups in total. The van der Waals surface area contributed by atoms with Gasteiger partial charge in [0.1, 0.15) is 18.2 Å². The lowest BCUT2D eigenvalue weighted by molar-refractivity contribution is 0.295. The number of rotatable bonds is 5. The monoisotopic (exact) mass is 375 g/mol. The molecule has 1 aromatic carbocycles. The SMILES string of the molecule is Cc1cccc(-n2nc(COc3ccccc3)nc2[C@H]2CC23CCNCC3)n1. The third kappa shape index (κ3) is 3.29. The Bertz CT molecular complexity index is 962. The van der Waals surface area contributed by atoms with Crippen LogP contribution in [0.1, 0.15) is 42.5 Å². The Morgan fingerprint density at radius 1 is 1.07 bits per heavy atom. The van der Waals surface area contributed by atoms with Crippen LogP contribution in [0.4, 0.5) is 0 Å². The number of hydrogen-bond acceptors (Lipinski definition) is 5. The molecule has 3 heterocycles. The minimum Gasteiger partial charge on any atom is -0.486 e. The van der Waals surface area contributed by atoms with E-state index in [0.717, 1.165) is 36.2 Å². The maximum Gasteiger partial charge on any atom is 0.188 e. The van der Waals surface area contributed by atoms with E-state index in [2.05, 4.69) is 10.3 Å². The molecule has 2 fully saturated rings. The molecule has 3 aromatic rings. The van der Waals surface area contributed by atoms with Crippen molar-refractivity contribution in [2.75, 3.05) is 13.1 Å². The summed E-state index contributed by atoms with van der Waals surface area (Å²) in [5.41, 5.74) is 1.37. The molecule has 1 saturated carbocycles. The van der Waals surface area contributed by atoms with Crippen LogP contribution in [0.5, 0.6) is 5.75 Å². The standard InChI is InChI=1S/C22H25N5O/c1-16-6-5-9-20(24-16)27-21(18-14-22(18)10-12-23-13-11-22)25-19(26-27)15-28-17-7-3-2-4-8-17/h2-9,18,23H,10-15H2,1H3/t18-/m1/s1. The van der Waals surface area contributed by atoms with Gasteiger partial charge in [0.15, 0.2) is 11.6 Å². The van der Waals surface area contributed by atoms with Crippen LogP contribution in [0.2, 0.25) is 0 Å². The maximum absolute atomic E-state index is 5.89. The minimum atomic E-state index is 0.358. The van der Waals surface area contributed by atoms with Gasteiger partial charge < -0.3 is 10.1 Å². The number of piperidine rings is 1. The summed E-state index contributed by atoms with van der Waals surface area (Å²) >= 11 is 0. The summed E-state index contributed by atoms with van der Waals surface area (Å²) in [6.07, 6.45) is 3.61. The molecule has 6 nitrogen and oxygen atoms in total. The molecule has 1 saturated heterocycles. The Kier molecular flexibility index (Phi) is 4.36. The van der Waals surface area contributed by atoms with Gasteiger partial charge in [0.2, 0.25) is 0 Å². The van der Waals surface area contributed by atoms with Gasteiger partial charge in [0.25, 0.3) is 0 Å². The second-order valence-corrected chi connectivity index (χ2v) is 7.91. The topological polar surface area (TPSA) is 64.9 Å². The van der Waals surface area contributed by atoms with E-state index in [4.69, 9.17) is 14.8 Å². The number of nitrogens with zero attached hydrogens (tertiary/aromatic N) is 4. The van der Waals surface area contributed by atoms with Crippen LogP contribution in [0.25, 0.3) is 5.82 Å². The highest BCUT2D eigenvalue weighted by Gasteiger charge is 2.57. The summed E-state index contributed by atoms with van der Waals surface area (Å²) in [6.45, 7) is 4.55. The van der Waals surface area contributed by atoms with Crippen molar-refractivity contribution < 1.29 is 4.74 Å². The van der Waals surface area contributed by atoms with Gasteiger partial charge in [-0.25, -0.2) is 9.97 Å². The van der Waals surface area contributed by atoms with Crippen molar-refractivity contribution in [2.45, 2.75) is 38.7 Å². The molecular formula is C22H25N5O. The summed E-state index contributed by atoms with van der Waals surface area (Å²) < 4.78 is 7.83. The van der Waals surface area contributed by atoms with Crippen molar-refractivity contribution in [3.63, 3.8) is 0 Å². The highest BCUT2D eigenvalue weighted by atomic mass is 16.5. The maximum atomic E-state index is 5.89. The number of aryl methyl sites for hydroxylation is 1. The number of aromatic nitrogens is 4.